The molecule has 1 heterocycles. The van der Waals surface area contributed by atoms with Gasteiger partial charge in [0.15, 0.2) is 0 Å². The standard InChI is InChI=1S/C7H12N2/c1-7(2,3)6-4-8-5-9-6/h5H,4H2,1-3H3. The van der Waals surface area contributed by atoms with E-state index < -0.39 is 0 Å². The minimum Gasteiger partial charge on any atom is -0.267 e. The summed E-state index contributed by atoms with van der Waals surface area (Å²) < 4.78 is 0. The van der Waals surface area contributed by atoms with E-state index in [1.807, 2.05) is 0 Å². The summed E-state index contributed by atoms with van der Waals surface area (Å²) in [6, 6.07) is 0. The van der Waals surface area contributed by atoms with Gasteiger partial charge >= 0.3 is 0 Å². The molecule has 0 spiro atoms. The highest BCUT2D eigenvalue weighted by Gasteiger charge is 2.19. The molecule has 0 N–H and O–H groups in total. The second-order valence-electron chi connectivity index (χ2n) is 3.28. The molecule has 2 nitrogen and oxygen atoms in total. The van der Waals surface area contributed by atoms with E-state index in [-0.39, 0.29) is 5.41 Å². The average Bonchev–Trinajstić information content (AvgIpc) is 2.08. The highest BCUT2D eigenvalue weighted by atomic mass is 14.9. The van der Waals surface area contributed by atoms with Crippen molar-refractivity contribution in [2.24, 2.45) is 15.4 Å². The van der Waals surface area contributed by atoms with Crippen LogP contribution in [0.25, 0.3) is 0 Å². The fraction of sp³-hybridized carbons (Fsp3) is 0.714. The van der Waals surface area contributed by atoms with Crippen molar-refractivity contribution in [2.75, 3.05) is 6.54 Å². The molecule has 0 atom stereocenters. The van der Waals surface area contributed by atoms with Gasteiger partial charge in [0.05, 0.1) is 6.54 Å². The zero-order chi connectivity index (χ0) is 6.91. The summed E-state index contributed by atoms with van der Waals surface area (Å²) in [4.78, 5) is 8.13. The largest absolute Gasteiger partial charge is 0.267 e. The van der Waals surface area contributed by atoms with Crippen molar-refractivity contribution in [3.05, 3.63) is 0 Å². The Morgan fingerprint density at radius 2 is 2.11 bits per heavy atom. The quantitative estimate of drug-likeness (QED) is 0.467. The van der Waals surface area contributed by atoms with E-state index >= 15 is 0 Å². The third kappa shape index (κ3) is 1.37. The van der Waals surface area contributed by atoms with Gasteiger partial charge in [0.25, 0.3) is 0 Å². The van der Waals surface area contributed by atoms with Gasteiger partial charge in [-0.1, -0.05) is 20.8 Å². The zero-order valence-corrected chi connectivity index (χ0v) is 6.18. The molecule has 1 rings (SSSR count). The zero-order valence-electron chi connectivity index (χ0n) is 6.18. The normalized spacial score (nSPS) is 18.3. The first-order valence-corrected chi connectivity index (χ1v) is 3.16. The van der Waals surface area contributed by atoms with E-state index in [1.165, 1.54) is 5.71 Å². The third-order valence-corrected chi connectivity index (χ3v) is 1.40. The molecular weight excluding hydrogens is 112 g/mol. The maximum absolute atomic E-state index is 4.13. The van der Waals surface area contributed by atoms with Gasteiger partial charge in [-0.05, 0) is 0 Å². The van der Waals surface area contributed by atoms with Crippen LogP contribution in [0.3, 0.4) is 0 Å². The first-order valence-electron chi connectivity index (χ1n) is 3.16. The lowest BCUT2D eigenvalue weighted by Gasteiger charge is -2.16. The predicted octanol–water partition coefficient (Wildman–Crippen LogP) is 1.52. The first-order chi connectivity index (χ1) is 4.11. The molecular formula is C7H12N2. The van der Waals surface area contributed by atoms with Crippen molar-refractivity contribution >= 4 is 12.1 Å². The fourth-order valence-corrected chi connectivity index (χ4v) is 0.709. The summed E-state index contributed by atoms with van der Waals surface area (Å²) in [5.74, 6) is 0. The molecule has 0 unspecified atom stereocenters. The molecule has 1 aliphatic rings. The molecule has 0 bridgehead atoms. The lowest BCUT2D eigenvalue weighted by atomic mass is 9.90. The Balaban J connectivity index is 2.66. The van der Waals surface area contributed by atoms with Gasteiger partial charge in [-0.15, -0.1) is 0 Å². The van der Waals surface area contributed by atoms with Crippen LogP contribution in [-0.2, 0) is 0 Å². The Hall–Kier alpha value is -0.660. The number of hydrogen-bond donors (Lipinski definition) is 0. The lowest BCUT2D eigenvalue weighted by Crippen LogP contribution is -2.20. The molecule has 0 radical (unpaired) electrons. The van der Waals surface area contributed by atoms with Crippen LogP contribution in [-0.4, -0.2) is 18.6 Å². The first kappa shape index (κ1) is 6.46. The summed E-state index contributed by atoms with van der Waals surface area (Å²) in [7, 11) is 0. The molecule has 0 saturated heterocycles. The van der Waals surface area contributed by atoms with E-state index in [2.05, 4.69) is 30.8 Å². The van der Waals surface area contributed by atoms with Gasteiger partial charge in [0.2, 0.25) is 0 Å². The number of aliphatic imine (C=N–C) groups is 2. The molecule has 0 fully saturated rings. The van der Waals surface area contributed by atoms with Crippen molar-refractivity contribution in [1.29, 1.82) is 0 Å². The van der Waals surface area contributed by atoms with Crippen molar-refractivity contribution in [3.63, 3.8) is 0 Å². The van der Waals surface area contributed by atoms with E-state index in [4.69, 9.17) is 0 Å². The van der Waals surface area contributed by atoms with Crippen molar-refractivity contribution in [1.82, 2.24) is 0 Å². The van der Waals surface area contributed by atoms with Crippen LogP contribution in [0.5, 0.6) is 0 Å². The molecule has 0 aromatic heterocycles. The SMILES string of the molecule is CC(C)(C)C1=NC=NC1. The van der Waals surface area contributed by atoms with Crippen molar-refractivity contribution < 1.29 is 0 Å². The lowest BCUT2D eigenvalue weighted by molar-refractivity contribution is 0.586. The van der Waals surface area contributed by atoms with Gasteiger partial charge in [0.1, 0.15) is 6.34 Å². The van der Waals surface area contributed by atoms with E-state index in [9.17, 15) is 0 Å². The summed E-state index contributed by atoms with van der Waals surface area (Å²) in [5.41, 5.74) is 1.39. The van der Waals surface area contributed by atoms with Crippen molar-refractivity contribution in [3.8, 4) is 0 Å². The Labute approximate surface area is 55.7 Å². The third-order valence-electron chi connectivity index (χ3n) is 1.40. The molecule has 0 aliphatic carbocycles. The van der Waals surface area contributed by atoms with Crippen LogP contribution in [0.2, 0.25) is 0 Å². The highest BCUT2D eigenvalue weighted by molar-refractivity contribution is 5.99. The van der Waals surface area contributed by atoms with Gasteiger partial charge in [0, 0.05) is 11.1 Å². The number of rotatable bonds is 0. The summed E-state index contributed by atoms with van der Waals surface area (Å²) in [6.45, 7) is 7.26. The molecule has 50 valence electrons. The molecule has 1 aliphatic heterocycles. The minimum absolute atomic E-state index is 0.205. The van der Waals surface area contributed by atoms with Gasteiger partial charge in [-0.2, -0.15) is 0 Å². The van der Waals surface area contributed by atoms with Crippen LogP contribution in [0.1, 0.15) is 20.8 Å². The average molecular weight is 124 g/mol. The van der Waals surface area contributed by atoms with Crippen LogP contribution >= 0.6 is 0 Å². The summed E-state index contributed by atoms with van der Waals surface area (Å²) in [5, 5.41) is 0. The van der Waals surface area contributed by atoms with Gasteiger partial charge in [-0.25, -0.2) is 4.99 Å². The molecule has 2 heteroatoms. The summed E-state index contributed by atoms with van der Waals surface area (Å²) >= 11 is 0. The van der Waals surface area contributed by atoms with Gasteiger partial charge in [-0.3, -0.25) is 4.99 Å². The van der Waals surface area contributed by atoms with Crippen LogP contribution < -0.4 is 0 Å². The molecule has 0 saturated carbocycles. The van der Waals surface area contributed by atoms with Gasteiger partial charge < -0.3 is 0 Å². The monoisotopic (exact) mass is 124 g/mol. The maximum atomic E-state index is 4.13. The molecule has 9 heavy (non-hydrogen) atoms. The smallest absolute Gasteiger partial charge is 0.110 e. The second kappa shape index (κ2) is 1.94. The molecule has 0 amide bonds. The number of hydrogen-bond acceptors (Lipinski definition) is 2. The predicted molar refractivity (Wildman–Crippen MR) is 40.2 cm³/mol. The summed E-state index contributed by atoms with van der Waals surface area (Å²) in [6.07, 6.45) is 1.64. The second-order valence-corrected chi connectivity index (χ2v) is 3.28. The highest BCUT2D eigenvalue weighted by Crippen LogP contribution is 2.17. The Kier molecular flexibility index (Phi) is 1.39. The molecule has 0 aromatic carbocycles. The van der Waals surface area contributed by atoms with Crippen LogP contribution in [0.15, 0.2) is 9.98 Å². The van der Waals surface area contributed by atoms with Crippen LogP contribution in [0, 0.1) is 5.41 Å². The Morgan fingerprint density at radius 3 is 2.33 bits per heavy atom. The van der Waals surface area contributed by atoms with Crippen LogP contribution in [0.4, 0.5) is 0 Å². The van der Waals surface area contributed by atoms with Crippen molar-refractivity contribution in [2.45, 2.75) is 20.8 Å². The molecule has 0 aromatic rings. The maximum Gasteiger partial charge on any atom is 0.110 e. The topological polar surface area (TPSA) is 24.7 Å². The fourth-order valence-electron chi connectivity index (χ4n) is 0.709. The van der Waals surface area contributed by atoms with E-state index in [0.717, 1.165) is 6.54 Å². The minimum atomic E-state index is 0.205. The number of nitrogens with zero attached hydrogens (tertiary/aromatic N) is 2. The Bertz CT molecular complexity index is 160. The Morgan fingerprint density at radius 1 is 1.44 bits per heavy atom. The van der Waals surface area contributed by atoms with E-state index in [0.29, 0.717) is 0 Å². The van der Waals surface area contributed by atoms with E-state index in [1.54, 1.807) is 6.34 Å².